The van der Waals surface area contributed by atoms with Gasteiger partial charge in [-0.05, 0) is 36.4 Å². The maximum absolute atomic E-state index is 14.3. The summed E-state index contributed by atoms with van der Waals surface area (Å²) in [6.07, 6.45) is 0. The first kappa shape index (κ1) is 17.3. The zero-order chi connectivity index (χ0) is 19.1. The summed E-state index contributed by atoms with van der Waals surface area (Å²) in [5, 5.41) is -0.282. The molecule has 3 rings (SSSR count). The zero-order valence-corrected chi connectivity index (χ0v) is 12.9. The fourth-order valence-electron chi connectivity index (χ4n) is 2.52. The Morgan fingerprint density at radius 2 is 1.65 bits per heavy atom. The molecule has 0 radical (unpaired) electrons. The van der Waals surface area contributed by atoms with Crippen molar-refractivity contribution in [3.05, 3.63) is 69.4 Å². The molecular weight excluding hydrogens is 355 g/mol. The van der Waals surface area contributed by atoms with Crippen molar-refractivity contribution < 1.29 is 23.0 Å². The molecule has 0 saturated heterocycles. The molecule has 3 aromatic rings. The van der Waals surface area contributed by atoms with Crippen molar-refractivity contribution >= 4 is 22.6 Å². The van der Waals surface area contributed by atoms with Gasteiger partial charge >= 0.3 is 17.7 Å². The number of nitrogens with two attached hydrogens (primary N) is 1. The van der Waals surface area contributed by atoms with E-state index < -0.39 is 28.8 Å². The van der Waals surface area contributed by atoms with E-state index in [1.165, 1.54) is 42.5 Å². The molecule has 10 heteroatoms. The number of alkyl halides is 2. The van der Waals surface area contributed by atoms with Crippen LogP contribution >= 0.6 is 0 Å². The Labute approximate surface area is 142 Å². The van der Waals surface area contributed by atoms with E-state index in [0.717, 1.165) is 6.07 Å². The molecule has 0 bridgehead atoms. The van der Waals surface area contributed by atoms with Gasteiger partial charge in [0.05, 0.1) is 16.6 Å². The summed E-state index contributed by atoms with van der Waals surface area (Å²) in [5.41, 5.74) is 2.80. The van der Waals surface area contributed by atoms with E-state index in [1.54, 1.807) is 0 Å². The monoisotopic (exact) mass is 365 g/mol. The highest BCUT2D eigenvalue weighted by molar-refractivity contribution is 5.82. The zero-order valence-electron chi connectivity index (χ0n) is 12.9. The van der Waals surface area contributed by atoms with E-state index in [0.29, 0.717) is 10.3 Å². The standard InChI is InChI=1S/C16H10F3N3O4/c17-16(18,14(24)26-19)22-12-4-2-1-3-11(12)13(23)21(15(22)25)10-7-5-9(20)6-8-10/h1-8H,20H2. The molecule has 0 aliphatic heterocycles. The number of aromatic nitrogens is 2. The number of carbonyl (C=O) groups is 1. The van der Waals surface area contributed by atoms with Gasteiger partial charge in [-0.25, -0.2) is 23.7 Å². The van der Waals surface area contributed by atoms with Gasteiger partial charge in [-0.3, -0.25) is 4.79 Å². The van der Waals surface area contributed by atoms with Crippen molar-refractivity contribution in [3.63, 3.8) is 0 Å². The smallest absolute Gasteiger partial charge is 0.399 e. The summed E-state index contributed by atoms with van der Waals surface area (Å²) in [6.45, 7) is 0. The van der Waals surface area contributed by atoms with Gasteiger partial charge in [0.2, 0.25) is 0 Å². The average molecular weight is 365 g/mol. The second-order valence-corrected chi connectivity index (χ2v) is 5.27. The summed E-state index contributed by atoms with van der Waals surface area (Å²) in [6, 6.07) is 5.45. The van der Waals surface area contributed by atoms with Crippen molar-refractivity contribution in [1.29, 1.82) is 0 Å². The van der Waals surface area contributed by atoms with Crippen LogP contribution in [0.5, 0.6) is 0 Å². The topological polar surface area (TPSA) is 96.3 Å². The normalized spacial score (nSPS) is 11.5. The molecule has 0 aliphatic carbocycles. The fraction of sp³-hybridized carbons (Fsp3) is 0.0625. The summed E-state index contributed by atoms with van der Waals surface area (Å²) in [7, 11) is 0. The Hall–Kier alpha value is -3.56. The van der Waals surface area contributed by atoms with Crippen molar-refractivity contribution in [1.82, 2.24) is 9.13 Å². The first-order valence-corrected chi connectivity index (χ1v) is 7.13. The lowest BCUT2D eigenvalue weighted by Gasteiger charge is -2.19. The third-order valence-corrected chi connectivity index (χ3v) is 3.71. The molecule has 0 aliphatic rings. The lowest BCUT2D eigenvalue weighted by atomic mass is 10.2. The summed E-state index contributed by atoms with van der Waals surface area (Å²) < 4.78 is 41.0. The molecule has 2 aromatic carbocycles. The highest BCUT2D eigenvalue weighted by Crippen LogP contribution is 2.25. The Morgan fingerprint density at radius 1 is 1.04 bits per heavy atom. The molecule has 0 spiro atoms. The molecule has 1 heterocycles. The summed E-state index contributed by atoms with van der Waals surface area (Å²) in [5.74, 6) is -2.59. The van der Waals surface area contributed by atoms with Crippen LogP contribution in [-0.4, -0.2) is 15.1 Å². The van der Waals surface area contributed by atoms with E-state index >= 15 is 0 Å². The first-order chi connectivity index (χ1) is 12.3. The van der Waals surface area contributed by atoms with Crippen molar-refractivity contribution in [2.45, 2.75) is 6.05 Å². The number of benzene rings is 2. The molecule has 26 heavy (non-hydrogen) atoms. The quantitative estimate of drug-likeness (QED) is 0.713. The third-order valence-electron chi connectivity index (χ3n) is 3.71. The predicted octanol–water partition coefficient (Wildman–Crippen LogP) is 1.71. The van der Waals surface area contributed by atoms with Crippen molar-refractivity contribution in [3.8, 4) is 5.69 Å². The van der Waals surface area contributed by atoms with Gasteiger partial charge in [-0.1, -0.05) is 12.1 Å². The largest absolute Gasteiger partial charge is 0.440 e. The molecule has 134 valence electrons. The Bertz CT molecular complexity index is 1120. The molecule has 0 fully saturated rings. The first-order valence-electron chi connectivity index (χ1n) is 7.13. The van der Waals surface area contributed by atoms with Crippen LogP contribution in [0, 0.1) is 0 Å². The van der Waals surface area contributed by atoms with Gasteiger partial charge in [0.15, 0.2) is 0 Å². The molecule has 2 N–H and O–H groups in total. The van der Waals surface area contributed by atoms with Crippen LogP contribution in [0.1, 0.15) is 0 Å². The van der Waals surface area contributed by atoms with Gasteiger partial charge in [0, 0.05) is 10.2 Å². The predicted molar refractivity (Wildman–Crippen MR) is 85.6 cm³/mol. The number of rotatable bonds is 3. The number of halogens is 3. The Morgan fingerprint density at radius 3 is 2.27 bits per heavy atom. The van der Waals surface area contributed by atoms with E-state index in [4.69, 9.17) is 5.73 Å². The molecule has 0 amide bonds. The number of nitrogens with zero attached hydrogens (tertiary/aromatic N) is 2. The van der Waals surface area contributed by atoms with E-state index in [2.05, 4.69) is 4.94 Å². The molecular formula is C16H10F3N3O4. The van der Waals surface area contributed by atoms with Gasteiger partial charge in [-0.15, -0.1) is 0 Å². The lowest BCUT2D eigenvalue weighted by Crippen LogP contribution is -2.48. The minimum Gasteiger partial charge on any atom is -0.399 e. The number of fused-ring (bicyclic) bond motifs is 1. The van der Waals surface area contributed by atoms with Crippen LogP contribution in [0.15, 0.2) is 58.1 Å². The number of nitrogen functional groups attached to an aromatic ring is 1. The Kier molecular flexibility index (Phi) is 4.03. The maximum Gasteiger partial charge on any atom is 0.440 e. The lowest BCUT2D eigenvalue weighted by molar-refractivity contribution is -0.225. The Balaban J connectivity index is 2.49. The summed E-state index contributed by atoms with van der Waals surface area (Å²) in [4.78, 5) is 39.1. The van der Waals surface area contributed by atoms with Gasteiger partial charge in [-0.2, -0.15) is 8.78 Å². The van der Waals surface area contributed by atoms with Crippen LogP contribution in [0.3, 0.4) is 0 Å². The van der Waals surface area contributed by atoms with Gasteiger partial charge in [0.1, 0.15) is 0 Å². The van der Waals surface area contributed by atoms with Crippen molar-refractivity contribution in [2.75, 3.05) is 5.73 Å². The minimum absolute atomic E-state index is 0.0573. The van der Waals surface area contributed by atoms with Crippen LogP contribution in [-0.2, 0) is 15.8 Å². The second-order valence-electron chi connectivity index (χ2n) is 5.27. The molecule has 7 nitrogen and oxygen atoms in total. The minimum atomic E-state index is -4.69. The van der Waals surface area contributed by atoms with Crippen molar-refractivity contribution in [2.24, 2.45) is 0 Å². The van der Waals surface area contributed by atoms with Crippen LogP contribution in [0.25, 0.3) is 16.6 Å². The molecule has 0 unspecified atom stereocenters. The SMILES string of the molecule is Nc1ccc(-n2c(=O)c3ccccc3n(C(F)(F)C(=O)OF)c2=O)cc1. The van der Waals surface area contributed by atoms with Gasteiger partial charge < -0.3 is 5.73 Å². The van der Waals surface area contributed by atoms with Crippen LogP contribution in [0.2, 0.25) is 0 Å². The highest BCUT2D eigenvalue weighted by Gasteiger charge is 2.47. The molecule has 1 aromatic heterocycles. The highest BCUT2D eigenvalue weighted by atomic mass is 19.3. The second kappa shape index (κ2) is 6.06. The number of hydrogen-bond acceptors (Lipinski definition) is 5. The van der Waals surface area contributed by atoms with Gasteiger partial charge in [0.25, 0.3) is 5.56 Å². The van der Waals surface area contributed by atoms with Crippen LogP contribution in [0.4, 0.5) is 19.0 Å². The molecule has 0 atom stereocenters. The number of para-hydroxylation sites is 1. The number of carbonyl (C=O) groups excluding carboxylic acids is 1. The van der Waals surface area contributed by atoms with E-state index in [-0.39, 0.29) is 15.6 Å². The fourth-order valence-corrected chi connectivity index (χ4v) is 2.52. The van der Waals surface area contributed by atoms with E-state index in [9.17, 15) is 27.7 Å². The maximum atomic E-state index is 14.3. The van der Waals surface area contributed by atoms with E-state index in [1.807, 2.05) is 0 Å². The molecule has 0 saturated carbocycles. The summed E-state index contributed by atoms with van der Waals surface area (Å²) >= 11 is 0. The number of hydrogen-bond donors (Lipinski definition) is 1. The number of anilines is 1. The van der Waals surface area contributed by atoms with Crippen LogP contribution < -0.4 is 17.0 Å². The third kappa shape index (κ3) is 2.51. The average Bonchev–Trinajstić information content (AvgIpc) is 2.62.